The van der Waals surface area contributed by atoms with Crippen LogP contribution >= 0.6 is 0 Å². The summed E-state index contributed by atoms with van der Waals surface area (Å²) in [4.78, 5) is 22.1. The van der Waals surface area contributed by atoms with Gasteiger partial charge >= 0.3 is 6.18 Å². The smallest absolute Gasteiger partial charge is 0.433 e. The van der Waals surface area contributed by atoms with E-state index in [4.69, 9.17) is 4.74 Å². The largest absolute Gasteiger partial charge is 0.497 e. The normalized spacial score (nSPS) is 18.0. The first-order valence-electron chi connectivity index (χ1n) is 13.4. The SMILES string of the molecule is COc1ccc(-c2nc3c(C(=O)N4CCN([C@@H](c5ccccc5)C(C)O)C[C@H]4C)cnn3c(C(F)(F)F)c2C)cc1. The predicted octanol–water partition coefficient (Wildman–Crippen LogP) is 5.00. The molecule has 0 spiro atoms. The number of carbonyl (C=O) groups is 1. The van der Waals surface area contributed by atoms with E-state index >= 15 is 0 Å². The van der Waals surface area contributed by atoms with E-state index in [0.717, 1.165) is 10.1 Å². The Balaban J connectivity index is 1.50. The van der Waals surface area contributed by atoms with Gasteiger partial charge in [0.25, 0.3) is 5.91 Å². The number of hydrogen-bond acceptors (Lipinski definition) is 6. The fraction of sp³-hybridized carbons (Fsp3) is 0.367. The van der Waals surface area contributed by atoms with Crippen LogP contribution in [0, 0.1) is 6.92 Å². The maximum Gasteiger partial charge on any atom is 0.433 e. The highest BCUT2D eigenvalue weighted by Crippen LogP contribution is 2.37. The molecule has 1 unspecified atom stereocenters. The second kappa shape index (κ2) is 11.1. The molecule has 1 saturated heterocycles. The molecule has 1 amide bonds. The van der Waals surface area contributed by atoms with Crippen molar-refractivity contribution in [1.82, 2.24) is 24.4 Å². The van der Waals surface area contributed by atoms with E-state index in [-0.39, 0.29) is 34.6 Å². The molecule has 3 heterocycles. The lowest BCUT2D eigenvalue weighted by Crippen LogP contribution is -2.55. The molecule has 2 aromatic heterocycles. The van der Waals surface area contributed by atoms with Crippen molar-refractivity contribution in [3.8, 4) is 17.0 Å². The standard InChI is InChI=1S/C30H32F3N5O3/c1-18-17-36(26(20(3)39)22-8-6-5-7-9-22)14-15-37(18)29(40)24-16-34-38-27(30(31,32)33)19(2)25(35-28(24)38)21-10-12-23(41-4)13-11-21/h5-13,16,18,20,26,39H,14-15,17H2,1-4H3/t18-,20?,26-/m1/s1. The number of fused-ring (bicyclic) bond motifs is 1. The molecule has 0 saturated carbocycles. The van der Waals surface area contributed by atoms with Crippen LogP contribution < -0.4 is 4.74 Å². The number of aliphatic hydroxyl groups excluding tert-OH is 1. The van der Waals surface area contributed by atoms with Crippen molar-refractivity contribution < 1.29 is 27.8 Å². The molecule has 41 heavy (non-hydrogen) atoms. The van der Waals surface area contributed by atoms with E-state index in [1.54, 1.807) is 36.1 Å². The van der Waals surface area contributed by atoms with Crippen LogP contribution in [0.4, 0.5) is 13.2 Å². The Kier molecular flexibility index (Phi) is 7.76. The van der Waals surface area contributed by atoms with Gasteiger partial charge in [-0.1, -0.05) is 30.3 Å². The lowest BCUT2D eigenvalue weighted by Gasteiger charge is -2.44. The summed E-state index contributed by atoms with van der Waals surface area (Å²) in [7, 11) is 1.50. The van der Waals surface area contributed by atoms with Gasteiger partial charge in [-0.25, -0.2) is 9.50 Å². The maximum atomic E-state index is 14.3. The van der Waals surface area contributed by atoms with Crippen molar-refractivity contribution in [3.63, 3.8) is 0 Å². The third-order valence-corrected chi connectivity index (χ3v) is 7.66. The van der Waals surface area contributed by atoms with Crippen molar-refractivity contribution in [2.24, 2.45) is 0 Å². The fourth-order valence-electron chi connectivity index (χ4n) is 5.73. The van der Waals surface area contributed by atoms with Crippen LogP contribution in [0.3, 0.4) is 0 Å². The first kappa shape index (κ1) is 28.6. The Bertz CT molecular complexity index is 1540. The molecule has 216 valence electrons. The van der Waals surface area contributed by atoms with Crippen molar-refractivity contribution in [1.29, 1.82) is 0 Å². The summed E-state index contributed by atoms with van der Waals surface area (Å²) < 4.78 is 48.8. The zero-order chi connectivity index (χ0) is 29.5. The minimum Gasteiger partial charge on any atom is -0.497 e. The summed E-state index contributed by atoms with van der Waals surface area (Å²) >= 11 is 0. The van der Waals surface area contributed by atoms with Gasteiger partial charge in [0.05, 0.1) is 31.1 Å². The Morgan fingerprint density at radius 3 is 2.37 bits per heavy atom. The number of halogens is 3. The predicted molar refractivity (Wildman–Crippen MR) is 148 cm³/mol. The van der Waals surface area contributed by atoms with E-state index in [1.807, 2.05) is 37.3 Å². The van der Waals surface area contributed by atoms with Gasteiger partial charge in [0.2, 0.25) is 0 Å². The van der Waals surface area contributed by atoms with E-state index in [0.29, 0.717) is 30.9 Å². The second-order valence-electron chi connectivity index (χ2n) is 10.4. The van der Waals surface area contributed by atoms with Crippen LogP contribution in [0.15, 0.2) is 60.8 Å². The molecule has 0 bridgehead atoms. The summed E-state index contributed by atoms with van der Waals surface area (Å²) in [5.41, 5.74) is 0.324. The maximum absolute atomic E-state index is 14.3. The van der Waals surface area contributed by atoms with E-state index in [2.05, 4.69) is 15.0 Å². The van der Waals surface area contributed by atoms with Gasteiger partial charge in [-0.05, 0) is 50.6 Å². The molecule has 8 nitrogen and oxygen atoms in total. The van der Waals surface area contributed by atoms with Gasteiger partial charge in [0.15, 0.2) is 11.3 Å². The highest BCUT2D eigenvalue weighted by Gasteiger charge is 2.40. The molecule has 5 rings (SSSR count). The van der Waals surface area contributed by atoms with E-state index in [1.165, 1.54) is 20.2 Å². The molecular weight excluding hydrogens is 535 g/mol. The van der Waals surface area contributed by atoms with Crippen LogP contribution in [0.2, 0.25) is 0 Å². The minimum absolute atomic E-state index is 0.000646. The topological polar surface area (TPSA) is 83.2 Å². The molecule has 0 radical (unpaired) electrons. The molecule has 1 fully saturated rings. The Labute approximate surface area is 236 Å². The highest BCUT2D eigenvalue weighted by molar-refractivity contribution is 6.00. The molecule has 11 heteroatoms. The average molecular weight is 568 g/mol. The monoisotopic (exact) mass is 567 g/mol. The van der Waals surface area contributed by atoms with Gasteiger partial charge in [-0.3, -0.25) is 9.69 Å². The minimum atomic E-state index is -4.73. The number of hydrogen-bond donors (Lipinski definition) is 1. The van der Waals surface area contributed by atoms with Gasteiger partial charge in [-0.2, -0.15) is 18.3 Å². The lowest BCUT2D eigenvalue weighted by molar-refractivity contribution is -0.143. The summed E-state index contributed by atoms with van der Waals surface area (Å²) in [6.45, 7) is 6.28. The highest BCUT2D eigenvalue weighted by atomic mass is 19.4. The summed E-state index contributed by atoms with van der Waals surface area (Å²) in [5.74, 6) is 0.118. The van der Waals surface area contributed by atoms with Crippen molar-refractivity contribution >= 4 is 11.6 Å². The number of carbonyl (C=O) groups excluding carboxylic acids is 1. The molecule has 2 aromatic carbocycles. The Morgan fingerprint density at radius 2 is 1.78 bits per heavy atom. The van der Waals surface area contributed by atoms with Crippen LogP contribution in [0.5, 0.6) is 5.75 Å². The number of aliphatic hydroxyl groups is 1. The number of ether oxygens (including phenoxy) is 1. The Hall–Kier alpha value is -3.96. The fourth-order valence-corrected chi connectivity index (χ4v) is 5.73. The third kappa shape index (κ3) is 5.39. The summed E-state index contributed by atoms with van der Waals surface area (Å²) in [5, 5.41) is 14.5. The van der Waals surface area contributed by atoms with Crippen LogP contribution in [0.1, 0.15) is 47.1 Å². The number of amides is 1. The van der Waals surface area contributed by atoms with Crippen LogP contribution in [0.25, 0.3) is 16.9 Å². The number of benzene rings is 2. The number of aromatic nitrogens is 3. The molecule has 3 atom stereocenters. The van der Waals surface area contributed by atoms with Gasteiger partial charge in [0, 0.05) is 36.8 Å². The van der Waals surface area contributed by atoms with Crippen molar-refractivity contribution in [2.75, 3.05) is 26.7 Å². The van der Waals surface area contributed by atoms with Gasteiger partial charge in [-0.15, -0.1) is 0 Å². The first-order valence-corrected chi connectivity index (χ1v) is 13.4. The number of nitrogens with zero attached hydrogens (tertiary/aromatic N) is 5. The zero-order valence-corrected chi connectivity index (χ0v) is 23.3. The van der Waals surface area contributed by atoms with Crippen LogP contribution in [-0.4, -0.2) is 74.3 Å². The molecule has 0 aliphatic carbocycles. The average Bonchev–Trinajstić information content (AvgIpc) is 3.35. The quantitative estimate of drug-likeness (QED) is 0.353. The molecule has 4 aromatic rings. The van der Waals surface area contributed by atoms with E-state index < -0.39 is 23.9 Å². The molecular formula is C30H32F3N5O3. The molecule has 1 aliphatic heterocycles. The van der Waals surface area contributed by atoms with Crippen molar-refractivity contribution in [3.05, 3.63) is 83.2 Å². The number of methoxy groups -OCH3 is 1. The lowest BCUT2D eigenvalue weighted by atomic mass is 9.98. The third-order valence-electron chi connectivity index (χ3n) is 7.66. The summed E-state index contributed by atoms with van der Waals surface area (Å²) in [6, 6.07) is 15.7. The second-order valence-corrected chi connectivity index (χ2v) is 10.4. The number of rotatable bonds is 6. The molecule has 1 N–H and O–H groups in total. The zero-order valence-electron chi connectivity index (χ0n) is 23.3. The number of piperazine rings is 1. The Morgan fingerprint density at radius 1 is 1.10 bits per heavy atom. The molecule has 1 aliphatic rings. The first-order chi connectivity index (χ1) is 19.5. The van der Waals surface area contributed by atoms with Gasteiger partial charge < -0.3 is 14.7 Å². The van der Waals surface area contributed by atoms with Gasteiger partial charge in [0.1, 0.15) is 11.3 Å². The summed E-state index contributed by atoms with van der Waals surface area (Å²) in [6.07, 6.45) is -4.21. The van der Waals surface area contributed by atoms with E-state index in [9.17, 15) is 23.1 Å². The number of alkyl halides is 3. The van der Waals surface area contributed by atoms with Crippen LogP contribution in [-0.2, 0) is 6.18 Å². The van der Waals surface area contributed by atoms with Crippen molar-refractivity contribution in [2.45, 2.75) is 45.1 Å².